The fourth-order valence-electron chi connectivity index (χ4n) is 4.06. The number of amides is 3. The molecule has 2 fully saturated rings. The average Bonchev–Trinajstić information content (AvgIpc) is 2.92. The van der Waals surface area contributed by atoms with Crippen LogP contribution in [0.15, 0.2) is 23.3 Å². The molecule has 0 aromatic carbocycles. The molecule has 7 nitrogen and oxygen atoms in total. The highest BCUT2D eigenvalue weighted by molar-refractivity contribution is 6.06. The number of piperazine rings is 1. The first-order valence-corrected chi connectivity index (χ1v) is 8.63. The lowest BCUT2D eigenvalue weighted by molar-refractivity contribution is -0.142. The summed E-state index contributed by atoms with van der Waals surface area (Å²) in [6.45, 7) is 4.54. The van der Waals surface area contributed by atoms with Gasteiger partial charge < -0.3 is 10.2 Å². The molecule has 2 atom stereocenters. The molecule has 4 aliphatic rings. The van der Waals surface area contributed by atoms with Gasteiger partial charge in [0, 0.05) is 50.8 Å². The van der Waals surface area contributed by atoms with Crippen LogP contribution >= 0.6 is 0 Å². The summed E-state index contributed by atoms with van der Waals surface area (Å²) in [5.41, 5.74) is 1.86. The highest BCUT2D eigenvalue weighted by atomic mass is 16.2. The van der Waals surface area contributed by atoms with Crippen LogP contribution in [0, 0.1) is 0 Å². The molecule has 128 valence electrons. The fourth-order valence-corrected chi connectivity index (χ4v) is 4.06. The van der Waals surface area contributed by atoms with E-state index in [9.17, 15) is 14.4 Å². The lowest BCUT2D eigenvalue weighted by Crippen LogP contribution is -2.53. The van der Waals surface area contributed by atoms with Crippen molar-refractivity contribution in [1.29, 1.82) is 0 Å². The van der Waals surface area contributed by atoms with Gasteiger partial charge in [-0.3, -0.25) is 24.6 Å². The molecule has 0 saturated carbocycles. The van der Waals surface area contributed by atoms with Gasteiger partial charge in [-0.15, -0.1) is 0 Å². The minimum absolute atomic E-state index is 0.0745. The van der Waals surface area contributed by atoms with Crippen molar-refractivity contribution in [3.05, 3.63) is 23.3 Å². The zero-order valence-corrected chi connectivity index (χ0v) is 13.6. The third-order valence-electron chi connectivity index (χ3n) is 5.38. The number of hydrogen-bond acceptors (Lipinski definition) is 5. The van der Waals surface area contributed by atoms with E-state index >= 15 is 0 Å². The molecule has 3 amide bonds. The molecular weight excluding hydrogens is 308 g/mol. The summed E-state index contributed by atoms with van der Waals surface area (Å²) in [5.74, 6) is -0.670. The van der Waals surface area contributed by atoms with E-state index in [1.807, 2.05) is 6.08 Å². The van der Waals surface area contributed by atoms with Gasteiger partial charge in [0.1, 0.15) is 6.04 Å². The summed E-state index contributed by atoms with van der Waals surface area (Å²) in [7, 11) is 0. The van der Waals surface area contributed by atoms with E-state index in [-0.39, 0.29) is 17.7 Å². The zero-order valence-electron chi connectivity index (χ0n) is 13.6. The number of piperidine rings is 1. The summed E-state index contributed by atoms with van der Waals surface area (Å²) >= 11 is 0. The Balaban J connectivity index is 1.46. The van der Waals surface area contributed by atoms with Crippen molar-refractivity contribution in [3.63, 3.8) is 0 Å². The van der Waals surface area contributed by atoms with Crippen molar-refractivity contribution in [1.82, 2.24) is 20.4 Å². The van der Waals surface area contributed by atoms with Crippen molar-refractivity contribution in [3.8, 4) is 0 Å². The molecule has 0 spiro atoms. The first kappa shape index (κ1) is 15.5. The van der Waals surface area contributed by atoms with Crippen molar-refractivity contribution < 1.29 is 14.4 Å². The molecule has 2 saturated heterocycles. The third-order valence-corrected chi connectivity index (χ3v) is 5.38. The minimum Gasteiger partial charge on any atom is -0.323 e. The molecule has 2 N–H and O–H groups in total. The number of carbonyl (C=O) groups is 3. The van der Waals surface area contributed by atoms with E-state index in [0.29, 0.717) is 25.4 Å². The van der Waals surface area contributed by atoms with Crippen molar-refractivity contribution in [2.75, 3.05) is 32.7 Å². The molecule has 0 bridgehead atoms. The quantitative estimate of drug-likeness (QED) is 0.646. The van der Waals surface area contributed by atoms with Crippen LogP contribution < -0.4 is 10.6 Å². The van der Waals surface area contributed by atoms with E-state index in [1.165, 1.54) is 0 Å². The summed E-state index contributed by atoms with van der Waals surface area (Å²) in [6.07, 6.45) is 5.61. The summed E-state index contributed by atoms with van der Waals surface area (Å²) in [4.78, 5) is 40.1. The second kappa shape index (κ2) is 6.14. The molecule has 2 unspecified atom stereocenters. The molecule has 1 aliphatic carbocycles. The minimum atomic E-state index is -0.521. The summed E-state index contributed by atoms with van der Waals surface area (Å²) < 4.78 is 0. The maximum absolute atomic E-state index is 12.7. The number of imide groups is 1. The molecular formula is C17H22N4O3. The van der Waals surface area contributed by atoms with Crippen LogP contribution in [0.1, 0.15) is 19.3 Å². The Kier molecular flexibility index (Phi) is 3.97. The number of nitrogens with zero attached hydrogens (tertiary/aromatic N) is 2. The van der Waals surface area contributed by atoms with Crippen LogP contribution in [0.2, 0.25) is 0 Å². The Morgan fingerprint density at radius 2 is 1.92 bits per heavy atom. The van der Waals surface area contributed by atoms with Crippen molar-refractivity contribution in [2.24, 2.45) is 0 Å². The Hall–Kier alpha value is -1.99. The van der Waals surface area contributed by atoms with Gasteiger partial charge >= 0.3 is 0 Å². The van der Waals surface area contributed by atoms with Crippen LogP contribution in [0.3, 0.4) is 0 Å². The molecule has 7 heteroatoms. The van der Waals surface area contributed by atoms with Gasteiger partial charge in [-0.1, -0.05) is 12.2 Å². The van der Waals surface area contributed by atoms with E-state index < -0.39 is 6.04 Å². The lowest BCUT2D eigenvalue weighted by atomic mass is 9.95. The number of nitrogens with one attached hydrogen (secondary N) is 2. The van der Waals surface area contributed by atoms with Crippen LogP contribution in [-0.4, -0.2) is 72.3 Å². The summed E-state index contributed by atoms with van der Waals surface area (Å²) in [5, 5.41) is 5.70. The Bertz CT molecular complexity index is 648. The summed E-state index contributed by atoms with van der Waals surface area (Å²) in [6, 6.07) is -0.188. The molecule has 0 aromatic rings. The highest BCUT2D eigenvalue weighted by Gasteiger charge is 2.41. The largest absolute Gasteiger partial charge is 0.323 e. The number of hydrogen-bond donors (Lipinski definition) is 2. The first-order valence-electron chi connectivity index (χ1n) is 8.63. The topological polar surface area (TPSA) is 81.8 Å². The van der Waals surface area contributed by atoms with E-state index in [1.54, 1.807) is 4.90 Å². The van der Waals surface area contributed by atoms with E-state index in [0.717, 1.165) is 43.7 Å². The second-order valence-electron chi connectivity index (χ2n) is 6.83. The predicted octanol–water partition coefficient (Wildman–Crippen LogP) is -0.836. The zero-order chi connectivity index (χ0) is 16.7. The molecule has 3 heterocycles. The smallest absolute Gasteiger partial charge is 0.254 e. The normalized spacial score (nSPS) is 31.5. The first-order chi connectivity index (χ1) is 11.6. The maximum atomic E-state index is 12.7. The maximum Gasteiger partial charge on any atom is 0.254 e. The lowest BCUT2D eigenvalue weighted by Gasteiger charge is -2.35. The Morgan fingerprint density at radius 3 is 2.67 bits per heavy atom. The van der Waals surface area contributed by atoms with Crippen LogP contribution in [0.5, 0.6) is 0 Å². The Labute approximate surface area is 140 Å². The molecule has 24 heavy (non-hydrogen) atoms. The second-order valence-corrected chi connectivity index (χ2v) is 6.83. The van der Waals surface area contributed by atoms with Gasteiger partial charge in [0.2, 0.25) is 11.8 Å². The van der Waals surface area contributed by atoms with Gasteiger partial charge in [-0.25, -0.2) is 0 Å². The number of rotatable bonds is 2. The molecule has 3 aliphatic heterocycles. The van der Waals surface area contributed by atoms with Crippen LogP contribution in [0.25, 0.3) is 0 Å². The van der Waals surface area contributed by atoms with Gasteiger partial charge in [0.25, 0.3) is 5.91 Å². The predicted molar refractivity (Wildman–Crippen MR) is 86.9 cm³/mol. The number of carbonyl (C=O) groups excluding carboxylic acids is 3. The average molecular weight is 330 g/mol. The highest BCUT2D eigenvalue weighted by Crippen LogP contribution is 2.32. The van der Waals surface area contributed by atoms with Gasteiger partial charge in [-0.05, 0) is 18.4 Å². The van der Waals surface area contributed by atoms with Crippen molar-refractivity contribution in [2.45, 2.75) is 31.3 Å². The van der Waals surface area contributed by atoms with Crippen molar-refractivity contribution >= 4 is 17.7 Å². The third kappa shape index (κ3) is 2.67. The molecule has 0 aromatic heterocycles. The molecule has 4 rings (SSSR count). The molecule has 0 radical (unpaired) electrons. The standard InChI is InChI=1S/C17H22N4O3/c22-15-4-3-14(16(23)19-15)21-10-11-9-12(1-2-13(11)17(21)24)20-7-5-18-6-8-20/h1-2,12,14,18H,3-10H2,(H,19,22,23). The van der Waals surface area contributed by atoms with Gasteiger partial charge in [0.05, 0.1) is 0 Å². The fraction of sp³-hybridized carbons (Fsp3) is 0.588. The monoisotopic (exact) mass is 330 g/mol. The van der Waals surface area contributed by atoms with Crippen LogP contribution in [0.4, 0.5) is 0 Å². The van der Waals surface area contributed by atoms with Crippen LogP contribution in [-0.2, 0) is 14.4 Å². The van der Waals surface area contributed by atoms with E-state index in [4.69, 9.17) is 0 Å². The van der Waals surface area contributed by atoms with Gasteiger partial charge in [-0.2, -0.15) is 0 Å². The SMILES string of the molecule is O=C1CCC(N2CC3=C(C=CC(N4CCNCC4)C3)C2=O)C(=O)N1. The van der Waals surface area contributed by atoms with E-state index in [2.05, 4.69) is 21.6 Å². The Morgan fingerprint density at radius 1 is 1.12 bits per heavy atom. The van der Waals surface area contributed by atoms with Gasteiger partial charge in [0.15, 0.2) is 0 Å².